The molecule has 0 saturated carbocycles. The number of aromatic nitrogens is 2. The Morgan fingerprint density at radius 2 is 1.75 bits per heavy atom. The van der Waals surface area contributed by atoms with Crippen LogP contribution in [-0.4, -0.2) is 39.0 Å². The van der Waals surface area contributed by atoms with Crippen molar-refractivity contribution in [1.29, 1.82) is 0 Å². The van der Waals surface area contributed by atoms with E-state index in [-0.39, 0.29) is 23.5 Å². The summed E-state index contributed by atoms with van der Waals surface area (Å²) in [5, 5.41) is 6.62. The summed E-state index contributed by atoms with van der Waals surface area (Å²) in [6.45, 7) is 6.84. The summed E-state index contributed by atoms with van der Waals surface area (Å²) in [6.07, 6.45) is 1.65. The molecule has 0 spiro atoms. The number of H-pyrrole nitrogens is 2. The lowest BCUT2D eigenvalue weighted by Crippen LogP contribution is -2.36. The molecule has 4 heterocycles. The van der Waals surface area contributed by atoms with E-state index in [0.717, 1.165) is 43.5 Å². The van der Waals surface area contributed by atoms with E-state index in [9.17, 15) is 14.4 Å². The monoisotopic (exact) mass is 549 g/mol. The van der Waals surface area contributed by atoms with Gasteiger partial charge in [0.1, 0.15) is 11.4 Å². The third-order valence-corrected chi connectivity index (χ3v) is 9.61. The molecule has 1 fully saturated rings. The second-order valence-electron chi connectivity index (χ2n) is 11.0. The van der Waals surface area contributed by atoms with Crippen LogP contribution in [0.4, 0.5) is 11.4 Å². The van der Waals surface area contributed by atoms with Crippen LogP contribution in [0.3, 0.4) is 0 Å². The Bertz CT molecular complexity index is 1940. The Hall–Kier alpha value is -4.63. The quantitative estimate of drug-likeness (QED) is 0.207. The molecule has 7 rings (SSSR count). The van der Waals surface area contributed by atoms with Crippen molar-refractivity contribution in [2.75, 3.05) is 17.6 Å². The molecular formula is C31H27N5O3S. The summed E-state index contributed by atoms with van der Waals surface area (Å²) in [7, 11) is 0. The molecule has 2 aliphatic rings. The highest BCUT2D eigenvalue weighted by Crippen LogP contribution is 2.52. The molecule has 40 heavy (non-hydrogen) atoms. The number of allylic oxidation sites excluding steroid dienone is 2. The number of nitrogen functional groups attached to an aromatic ring is 1. The number of likely N-dealkylation sites (tertiary alicyclic amines) is 1. The number of amides is 2. The summed E-state index contributed by atoms with van der Waals surface area (Å²) in [6, 6.07) is 14.5. The molecular weight excluding hydrogens is 522 g/mol. The number of benzene rings is 2. The first-order valence-corrected chi connectivity index (χ1v) is 14.0. The molecule has 0 bridgehead atoms. The van der Waals surface area contributed by atoms with Crippen molar-refractivity contribution in [3.8, 4) is 0 Å². The fraction of sp³-hybridized carbons (Fsp3) is 0.194. The number of nitrogens with two attached hydrogens (primary N) is 1. The van der Waals surface area contributed by atoms with Gasteiger partial charge >= 0.3 is 0 Å². The maximum Gasteiger partial charge on any atom is 0.274 e. The Balaban J connectivity index is 1.16. The van der Waals surface area contributed by atoms with Crippen LogP contribution in [0.2, 0.25) is 0 Å². The summed E-state index contributed by atoms with van der Waals surface area (Å²) in [4.78, 5) is 48.6. The van der Waals surface area contributed by atoms with Crippen LogP contribution in [0.15, 0.2) is 65.7 Å². The van der Waals surface area contributed by atoms with Gasteiger partial charge in [-0.1, -0.05) is 6.92 Å². The Morgan fingerprint density at radius 1 is 1.05 bits per heavy atom. The van der Waals surface area contributed by atoms with Crippen molar-refractivity contribution in [1.82, 2.24) is 14.9 Å². The summed E-state index contributed by atoms with van der Waals surface area (Å²) in [5.41, 5.74) is 12.1. The molecule has 0 radical (unpaired) electrons. The number of aromatic amines is 2. The van der Waals surface area contributed by atoms with E-state index in [0.29, 0.717) is 29.3 Å². The second kappa shape index (κ2) is 8.43. The smallest absolute Gasteiger partial charge is 0.274 e. The predicted octanol–water partition coefficient (Wildman–Crippen LogP) is 5.98. The number of nitrogens with one attached hydrogen (secondary N) is 3. The first-order chi connectivity index (χ1) is 19.1. The van der Waals surface area contributed by atoms with Crippen LogP contribution in [0.5, 0.6) is 0 Å². The van der Waals surface area contributed by atoms with Crippen LogP contribution in [0.1, 0.15) is 55.6 Å². The van der Waals surface area contributed by atoms with Crippen molar-refractivity contribution in [2.45, 2.75) is 26.2 Å². The van der Waals surface area contributed by atoms with E-state index >= 15 is 0 Å². The summed E-state index contributed by atoms with van der Waals surface area (Å²) >= 11 is 1.48. The number of hydrogen-bond donors (Lipinski definition) is 4. The zero-order valence-corrected chi connectivity index (χ0v) is 23.0. The number of aryl methyl sites for hydroxylation is 1. The predicted molar refractivity (Wildman–Crippen MR) is 158 cm³/mol. The van der Waals surface area contributed by atoms with Crippen LogP contribution in [0, 0.1) is 12.8 Å². The van der Waals surface area contributed by atoms with Gasteiger partial charge in [-0.15, -0.1) is 11.3 Å². The van der Waals surface area contributed by atoms with Crippen molar-refractivity contribution in [2.24, 2.45) is 5.92 Å². The number of nitrogens with zero attached hydrogens (tertiary/aromatic N) is 1. The molecule has 3 aromatic heterocycles. The van der Waals surface area contributed by atoms with Crippen molar-refractivity contribution in [3.63, 3.8) is 0 Å². The highest BCUT2D eigenvalue weighted by atomic mass is 32.1. The molecule has 1 saturated heterocycles. The fourth-order valence-electron chi connectivity index (χ4n) is 6.29. The van der Waals surface area contributed by atoms with Crippen molar-refractivity contribution >= 4 is 62.1 Å². The number of anilines is 2. The number of fused-ring (bicyclic) bond motifs is 5. The molecule has 5 N–H and O–H groups in total. The maximum absolute atomic E-state index is 13.8. The Kier molecular flexibility index (Phi) is 5.15. The third kappa shape index (κ3) is 3.47. The average Bonchev–Trinajstić information content (AvgIpc) is 3.68. The van der Waals surface area contributed by atoms with E-state index in [2.05, 4.69) is 29.1 Å². The van der Waals surface area contributed by atoms with Gasteiger partial charge in [0.15, 0.2) is 5.78 Å². The third-order valence-electron chi connectivity index (χ3n) is 8.49. The van der Waals surface area contributed by atoms with Crippen molar-refractivity contribution in [3.05, 3.63) is 93.1 Å². The van der Waals surface area contributed by atoms with Gasteiger partial charge in [0.2, 0.25) is 0 Å². The van der Waals surface area contributed by atoms with Gasteiger partial charge in [-0.05, 0) is 84.8 Å². The zero-order chi connectivity index (χ0) is 27.9. The number of rotatable bonds is 3. The fourth-order valence-corrected chi connectivity index (χ4v) is 7.36. The number of ketones is 1. The molecule has 5 aromatic rings. The largest absolute Gasteiger partial charge is 0.399 e. The van der Waals surface area contributed by atoms with Gasteiger partial charge in [0, 0.05) is 56.9 Å². The molecule has 2 atom stereocenters. The zero-order valence-electron chi connectivity index (χ0n) is 22.2. The molecule has 9 heteroatoms. The van der Waals surface area contributed by atoms with Gasteiger partial charge in [-0.2, -0.15) is 0 Å². The van der Waals surface area contributed by atoms with Crippen molar-refractivity contribution < 1.29 is 14.4 Å². The van der Waals surface area contributed by atoms with Gasteiger partial charge in [-0.3, -0.25) is 14.4 Å². The normalized spacial score (nSPS) is 20.1. The average molecular weight is 550 g/mol. The molecule has 8 nitrogen and oxygen atoms in total. The minimum Gasteiger partial charge on any atom is -0.399 e. The summed E-state index contributed by atoms with van der Waals surface area (Å²) in [5.74, 6) is -0.341. The first kappa shape index (κ1) is 24.4. The lowest BCUT2D eigenvalue weighted by Gasteiger charge is -2.35. The minimum absolute atomic E-state index is 0.0389. The molecule has 1 aliphatic heterocycles. The van der Waals surface area contributed by atoms with E-state index < -0.39 is 5.41 Å². The van der Waals surface area contributed by atoms with Crippen LogP contribution in [0.25, 0.3) is 21.8 Å². The van der Waals surface area contributed by atoms with Gasteiger partial charge < -0.3 is 25.9 Å². The number of hydrogen-bond acceptors (Lipinski definition) is 5. The maximum atomic E-state index is 13.8. The van der Waals surface area contributed by atoms with Crippen LogP contribution >= 0.6 is 11.3 Å². The number of carbonyl (C=O) groups is 3. The van der Waals surface area contributed by atoms with E-state index in [1.807, 2.05) is 36.6 Å². The topological polar surface area (TPSA) is 124 Å². The van der Waals surface area contributed by atoms with Gasteiger partial charge in [0.25, 0.3) is 11.8 Å². The SMILES string of the molecule is Cc1csc2c1[C@@]1(C)C(=CC2=O)N(C(=O)c2cc3cc(NC(=O)c4cc5cc(N)ccc5[nH]4)ccc3[nH]2)C[C@@H]1C. The molecule has 1 aliphatic carbocycles. The van der Waals surface area contributed by atoms with Gasteiger partial charge in [-0.25, -0.2) is 0 Å². The number of carbonyl (C=O) groups excluding carboxylic acids is 3. The standard InChI is InChI=1S/C31H27N5O3S/c1-15-14-40-28-25(37)12-26-31(3,27(15)28)16(2)13-36(26)30(39)24-11-18-9-20(5-7-22(18)35-24)33-29(38)23-10-17-8-19(32)4-6-21(17)34-23/h4-12,14,16,34-35H,13,32H2,1-3H3,(H,33,38)/t16-,31+/m0/s1. The highest BCUT2D eigenvalue weighted by molar-refractivity contribution is 7.12. The van der Waals surface area contributed by atoms with E-state index in [1.165, 1.54) is 11.3 Å². The van der Waals surface area contributed by atoms with Gasteiger partial charge in [0.05, 0.1) is 4.88 Å². The van der Waals surface area contributed by atoms with Crippen LogP contribution in [-0.2, 0) is 5.41 Å². The second-order valence-corrected chi connectivity index (χ2v) is 11.9. The Labute approximate surface area is 233 Å². The lowest BCUT2D eigenvalue weighted by molar-refractivity contribution is 0.0813. The Morgan fingerprint density at radius 3 is 2.55 bits per heavy atom. The lowest BCUT2D eigenvalue weighted by atomic mass is 9.69. The minimum atomic E-state index is -0.402. The molecule has 2 aromatic carbocycles. The first-order valence-electron chi connectivity index (χ1n) is 13.1. The molecule has 2 amide bonds. The van der Waals surface area contributed by atoms with Crippen LogP contribution < -0.4 is 11.1 Å². The molecule has 200 valence electrons. The number of thiophene rings is 1. The summed E-state index contributed by atoms with van der Waals surface area (Å²) < 4.78 is 0. The van der Waals surface area contributed by atoms with E-state index in [1.54, 1.807) is 35.2 Å². The molecule has 0 unspecified atom stereocenters. The van der Waals surface area contributed by atoms with E-state index in [4.69, 9.17) is 5.73 Å². The highest BCUT2D eigenvalue weighted by Gasteiger charge is 2.52.